The fourth-order valence-electron chi connectivity index (χ4n) is 26.7. The van der Waals surface area contributed by atoms with Crippen LogP contribution >= 0.6 is 0 Å². The minimum absolute atomic E-state index is 0. The highest BCUT2D eigenvalue weighted by Gasteiger charge is 2.51. The van der Waals surface area contributed by atoms with Crippen molar-refractivity contribution >= 4 is 40.6 Å². The summed E-state index contributed by atoms with van der Waals surface area (Å²) in [5.74, 6) is 0. The molecular formula is C105H225N9O6Si5. The van der Waals surface area contributed by atoms with E-state index in [0.29, 0.717) is 48.7 Å². The van der Waals surface area contributed by atoms with Gasteiger partial charge in [0, 0.05) is 181 Å². The third kappa shape index (κ3) is 39.1. The van der Waals surface area contributed by atoms with Gasteiger partial charge in [-0.1, -0.05) is 104 Å². The lowest BCUT2D eigenvalue weighted by molar-refractivity contribution is -0.0916. The topological polar surface area (TPSA) is 128 Å². The van der Waals surface area contributed by atoms with Crippen LogP contribution in [0.3, 0.4) is 0 Å². The molecule has 8 heterocycles. The van der Waals surface area contributed by atoms with Crippen molar-refractivity contribution in [2.75, 3.05) is 67.3 Å². The summed E-state index contributed by atoms with van der Waals surface area (Å²) < 4.78 is 39.8. The minimum Gasteiger partial charge on any atom is -0.378 e. The Morgan fingerprint density at radius 1 is 0.264 bits per heavy atom. The maximum absolute atomic E-state index is 6.70. The molecule has 2 unspecified atom stereocenters. The molecule has 8 rings (SSSR count). The smallest absolute Gasteiger partial charge is 0.0610 e. The average molecular weight is 1850 g/mol. The summed E-state index contributed by atoms with van der Waals surface area (Å²) in [7, 11) is 1.82. The summed E-state index contributed by atoms with van der Waals surface area (Å²) >= 11 is 0. The Balaban J connectivity index is 0.000000497. The van der Waals surface area contributed by atoms with Gasteiger partial charge in [-0.05, 0) is 397 Å². The summed E-state index contributed by atoms with van der Waals surface area (Å²) in [5.41, 5.74) is 2.77. The maximum atomic E-state index is 6.70. The second-order valence-corrected chi connectivity index (χ2v) is 85.1. The van der Waals surface area contributed by atoms with Gasteiger partial charge in [-0.3, -0.25) is 19.6 Å². The zero-order valence-electron chi connectivity index (χ0n) is 89.3. The number of piperidine rings is 8. The monoisotopic (exact) mass is 1850 g/mol. The van der Waals surface area contributed by atoms with Crippen LogP contribution in [0.4, 0.5) is 0 Å². The number of rotatable bonds is 38. The van der Waals surface area contributed by atoms with E-state index in [1.807, 2.05) is 0 Å². The number of nitrogens with one attached hydrogen (secondary N) is 5. The molecule has 0 aromatic heterocycles. The van der Waals surface area contributed by atoms with Crippen molar-refractivity contribution in [3.05, 3.63) is 0 Å². The SMILES string of the molecule is C.C.C.CN1C(C)(C)CC(OCCC[SiH](C)[Si](C)(CCCOC2CC(C)(C)N(C)C(C)(C)C2)CCCOC2CC(C)(C)N(C)C(C)(C)C2)CC1(C)C.C[SiH](C)CCCN(C1CC(C)(C)NC(C)(C)C1)C1CC(C)(C)NC(C)(C)C1.C[SiH](CCCOC1CC(C)(C)NC(C)(C)C1)[Si](C)(CCCOC1CC(C)(C)NC(C)(C)C1)CCCOC1CC(C)(C)NC(C)(C)C1. The fourth-order valence-corrected chi connectivity index (χ4v) is 50.7. The summed E-state index contributed by atoms with van der Waals surface area (Å²) in [6.45, 7) is 98.4. The lowest BCUT2D eigenvalue weighted by Gasteiger charge is -2.55. The Morgan fingerprint density at radius 3 is 0.632 bits per heavy atom. The molecule has 8 aliphatic rings. The molecule has 5 N–H and O–H groups in total. The van der Waals surface area contributed by atoms with Crippen LogP contribution in [0.5, 0.6) is 0 Å². The van der Waals surface area contributed by atoms with Gasteiger partial charge in [0.15, 0.2) is 0 Å². The van der Waals surface area contributed by atoms with Crippen molar-refractivity contribution in [3.63, 3.8) is 0 Å². The first-order chi connectivity index (χ1) is 55.2. The van der Waals surface area contributed by atoms with E-state index in [4.69, 9.17) is 28.4 Å². The third-order valence-corrected chi connectivity index (χ3v) is 66.7. The number of hydrogen-bond donors (Lipinski definition) is 5. The Kier molecular flexibility index (Phi) is 44.8. The van der Waals surface area contributed by atoms with Crippen LogP contribution in [-0.4, -0.2) is 265 Å². The number of ether oxygens (including phenoxy) is 6. The van der Waals surface area contributed by atoms with Gasteiger partial charge in [0.1, 0.15) is 0 Å². The molecule has 0 radical (unpaired) electrons. The Bertz CT molecular complexity index is 2850. The lowest BCUT2D eigenvalue weighted by Crippen LogP contribution is -2.67. The van der Waals surface area contributed by atoms with Crippen molar-refractivity contribution in [3.8, 4) is 0 Å². The van der Waals surface area contributed by atoms with Gasteiger partial charge in [0.25, 0.3) is 0 Å². The Labute approximate surface area is 787 Å². The molecule has 8 aliphatic heterocycles. The molecule has 8 fully saturated rings. The van der Waals surface area contributed by atoms with E-state index < -0.39 is 40.6 Å². The first-order valence-electron chi connectivity index (χ1n) is 50.9. The molecule has 0 aromatic rings. The standard InChI is InChI=1S/C41H85N3O3Si2.C38H79N3O3Si2.C23H49N3Si.3CH4/c1-36(2)27-33(28-37(3,4)42(36)13)45-21-18-24-48(16)49(17,25-19-22-46-34-29-38(5,6)43(14)39(7,8)30-34)26-20-23-47-35-31-40(9,10)44(15)41(11,12)32-35;1-33(2)24-30(25-34(3,4)39-33)42-18-15-21-45(13)46(14,22-16-19-43-31-26-35(5,6)40-36(7,8)27-31)23-17-20-44-32-28-37(9,10)41-38(11,12)29-32;1-20(2)14-18(15-21(3,4)24-20)26(12-11-13-27(9)10)19-16-22(5,6)25-23(7,8)17-19;;;/h33-35,48H,18-32H2,1-17H3;30-32,39-41,45H,15-29H2,1-14H3;18-19,24-25,27H,11-17H2,1-10H3;3*1H4. The molecule has 125 heavy (non-hydrogen) atoms. The molecule has 0 aromatic carbocycles. The molecule has 0 aliphatic carbocycles. The van der Waals surface area contributed by atoms with E-state index in [1.54, 1.807) is 0 Å². The number of hydrogen-bond acceptors (Lipinski definition) is 15. The second kappa shape index (κ2) is 46.8. The Morgan fingerprint density at radius 2 is 0.440 bits per heavy atom. The van der Waals surface area contributed by atoms with Crippen LogP contribution in [-0.2, 0) is 28.4 Å². The zero-order valence-corrected chi connectivity index (χ0v) is 94.7. The second-order valence-electron chi connectivity index (χ2n) is 54.1. The van der Waals surface area contributed by atoms with Gasteiger partial charge < -0.3 is 55.0 Å². The Hall–Kier alpha value is 0.484. The molecule has 8 saturated heterocycles. The molecular weight excluding hydrogens is 1620 g/mol. The van der Waals surface area contributed by atoms with Crippen molar-refractivity contribution in [2.45, 2.75) is 610 Å². The molecule has 2 atom stereocenters. The molecule has 0 saturated carbocycles. The molecule has 20 heteroatoms. The molecule has 746 valence electrons. The van der Waals surface area contributed by atoms with E-state index >= 15 is 0 Å². The number of likely N-dealkylation sites (tertiary alicyclic amines) is 3. The molecule has 15 nitrogen and oxygen atoms in total. The van der Waals surface area contributed by atoms with Crippen molar-refractivity contribution in [1.82, 2.24) is 46.2 Å². The van der Waals surface area contributed by atoms with Crippen molar-refractivity contribution in [1.29, 1.82) is 0 Å². The number of nitrogens with zero attached hydrogens (tertiary/aromatic N) is 4. The van der Waals surface area contributed by atoms with E-state index in [-0.39, 0.29) is 111 Å². The van der Waals surface area contributed by atoms with Crippen LogP contribution in [0, 0.1) is 0 Å². The van der Waals surface area contributed by atoms with Gasteiger partial charge in [-0.25, -0.2) is 0 Å². The van der Waals surface area contributed by atoms with E-state index in [1.165, 1.54) is 119 Å². The van der Waals surface area contributed by atoms with Gasteiger partial charge in [-0.2, -0.15) is 0 Å². The third-order valence-electron chi connectivity index (χ3n) is 32.4. The largest absolute Gasteiger partial charge is 0.378 e. The fraction of sp³-hybridized carbons (Fsp3) is 1.00. The van der Waals surface area contributed by atoms with Crippen LogP contribution in [0.25, 0.3) is 0 Å². The predicted molar refractivity (Wildman–Crippen MR) is 565 cm³/mol. The van der Waals surface area contributed by atoms with Crippen LogP contribution in [0.1, 0.15) is 392 Å². The summed E-state index contributed by atoms with van der Waals surface area (Å²) in [4.78, 5) is 10.6. The van der Waals surface area contributed by atoms with Crippen molar-refractivity contribution < 1.29 is 28.4 Å². The van der Waals surface area contributed by atoms with E-state index in [9.17, 15) is 0 Å². The highest BCUT2D eigenvalue weighted by molar-refractivity contribution is 7.32. The van der Waals surface area contributed by atoms with Gasteiger partial charge in [0.05, 0.1) is 36.6 Å². The zero-order chi connectivity index (χ0) is 92.6. The summed E-state index contributed by atoms with van der Waals surface area (Å²) in [6, 6.07) is 11.3. The predicted octanol–water partition coefficient (Wildman–Crippen LogP) is 24.0. The van der Waals surface area contributed by atoms with Crippen molar-refractivity contribution in [2.24, 2.45) is 0 Å². The minimum atomic E-state index is -1.41. The maximum Gasteiger partial charge on any atom is 0.0610 e. The highest BCUT2D eigenvalue weighted by atomic mass is 29.2. The first kappa shape index (κ1) is 120. The van der Waals surface area contributed by atoms with Crippen LogP contribution in [0.15, 0.2) is 0 Å². The first-order valence-corrected chi connectivity index (χ1v) is 67.4. The van der Waals surface area contributed by atoms with Gasteiger partial charge >= 0.3 is 0 Å². The van der Waals surface area contributed by atoms with Crippen LogP contribution in [0.2, 0.25) is 81.6 Å². The summed E-state index contributed by atoms with van der Waals surface area (Å²) in [5, 5.41) is 19.2. The average Bonchev–Trinajstić information content (AvgIpc) is 0.795. The summed E-state index contributed by atoms with van der Waals surface area (Å²) in [6.07, 6.45) is 29.4. The molecule has 0 amide bonds. The highest BCUT2D eigenvalue weighted by Crippen LogP contribution is 2.45. The van der Waals surface area contributed by atoms with Gasteiger partial charge in [-0.15, -0.1) is 0 Å². The van der Waals surface area contributed by atoms with E-state index in [2.05, 4.69) is 328 Å². The van der Waals surface area contributed by atoms with Crippen LogP contribution < -0.4 is 26.6 Å². The lowest BCUT2D eigenvalue weighted by atomic mass is 9.75. The normalized spacial score (nSPS) is 26.7. The quantitative estimate of drug-likeness (QED) is 0.0297. The molecule has 0 spiro atoms. The molecule has 0 bridgehead atoms. The van der Waals surface area contributed by atoms with Gasteiger partial charge in [0.2, 0.25) is 0 Å². The van der Waals surface area contributed by atoms with E-state index in [0.717, 1.165) is 117 Å².